The molecule has 0 aliphatic rings. The van der Waals surface area contributed by atoms with E-state index >= 15 is 0 Å². The van der Waals surface area contributed by atoms with Gasteiger partial charge in [-0.2, -0.15) is 0 Å². The zero-order chi connectivity index (χ0) is 12.3. The first-order valence-electron chi connectivity index (χ1n) is 5.14. The third-order valence-corrected chi connectivity index (χ3v) is 3.93. The summed E-state index contributed by atoms with van der Waals surface area (Å²) in [6.07, 6.45) is 0.841. The predicted octanol–water partition coefficient (Wildman–Crippen LogP) is 4.72. The molecular weight excluding hydrogens is 364 g/mol. The Kier molecular flexibility index (Phi) is 4.59. The van der Waals surface area contributed by atoms with Gasteiger partial charge in [-0.3, -0.25) is 0 Å². The number of aryl methyl sites for hydroxylation is 1. The molecule has 0 N–H and O–H groups in total. The highest BCUT2D eigenvalue weighted by molar-refractivity contribution is 9.10. The minimum Gasteiger partial charge on any atom is -0.226 e. The molecule has 0 saturated carbocycles. The average molecular weight is 374 g/mol. The van der Waals surface area contributed by atoms with Crippen LogP contribution >= 0.6 is 43.6 Å². The maximum Gasteiger partial charge on any atom is 0.130 e. The molecule has 0 radical (unpaired) electrons. The van der Waals surface area contributed by atoms with Gasteiger partial charge in [0.1, 0.15) is 15.5 Å². The molecule has 2 nitrogen and oxygen atoms in total. The van der Waals surface area contributed by atoms with Gasteiger partial charge >= 0.3 is 0 Å². The smallest absolute Gasteiger partial charge is 0.130 e. The molecule has 5 heteroatoms. The van der Waals surface area contributed by atoms with Crippen LogP contribution in [0.4, 0.5) is 0 Å². The fourth-order valence-electron chi connectivity index (χ4n) is 1.28. The normalized spacial score (nSPS) is 10.5. The molecule has 0 unspecified atom stereocenters. The standard InChI is InChI=1S/C12H10Br2N2S/c1-2-11-15-10(14)7-12(16-11)17-9-5-3-8(13)4-6-9/h3-7H,2H2,1H3. The van der Waals surface area contributed by atoms with Crippen LogP contribution in [-0.2, 0) is 6.42 Å². The molecule has 0 aliphatic heterocycles. The molecule has 0 bridgehead atoms. The monoisotopic (exact) mass is 372 g/mol. The van der Waals surface area contributed by atoms with E-state index in [1.807, 2.05) is 18.2 Å². The minimum absolute atomic E-state index is 0.837. The molecule has 0 saturated heterocycles. The Hall–Kier alpha value is -0.390. The lowest BCUT2D eigenvalue weighted by Gasteiger charge is -2.03. The van der Waals surface area contributed by atoms with E-state index in [0.717, 1.165) is 26.3 Å². The first kappa shape index (κ1) is 13.1. The maximum absolute atomic E-state index is 4.48. The lowest BCUT2D eigenvalue weighted by atomic mass is 10.4. The van der Waals surface area contributed by atoms with Crippen molar-refractivity contribution in [3.63, 3.8) is 0 Å². The van der Waals surface area contributed by atoms with Gasteiger partial charge in [0.2, 0.25) is 0 Å². The summed E-state index contributed by atoms with van der Waals surface area (Å²) in [5, 5.41) is 0.964. The maximum atomic E-state index is 4.48. The average Bonchev–Trinajstić information content (AvgIpc) is 2.31. The van der Waals surface area contributed by atoms with E-state index in [2.05, 4.69) is 60.9 Å². The molecule has 0 atom stereocenters. The second kappa shape index (κ2) is 5.98. The molecule has 1 aromatic carbocycles. The summed E-state index contributed by atoms with van der Waals surface area (Å²) in [6, 6.07) is 10.1. The molecule has 0 aliphatic carbocycles. The van der Waals surface area contributed by atoms with Crippen molar-refractivity contribution in [2.75, 3.05) is 0 Å². The zero-order valence-electron chi connectivity index (χ0n) is 9.15. The van der Waals surface area contributed by atoms with Crippen molar-refractivity contribution in [1.82, 2.24) is 9.97 Å². The summed E-state index contributed by atoms with van der Waals surface area (Å²) < 4.78 is 1.92. The van der Waals surface area contributed by atoms with Crippen LogP contribution in [0.2, 0.25) is 0 Å². The summed E-state index contributed by atoms with van der Waals surface area (Å²) in [7, 11) is 0. The number of aromatic nitrogens is 2. The van der Waals surface area contributed by atoms with E-state index in [-0.39, 0.29) is 0 Å². The van der Waals surface area contributed by atoms with E-state index in [1.165, 1.54) is 4.90 Å². The first-order chi connectivity index (χ1) is 8.17. The zero-order valence-corrected chi connectivity index (χ0v) is 13.1. The Balaban J connectivity index is 2.23. The Morgan fingerprint density at radius 2 is 1.82 bits per heavy atom. The third kappa shape index (κ3) is 3.79. The van der Waals surface area contributed by atoms with Gasteiger partial charge in [-0.15, -0.1) is 0 Å². The summed E-state index contributed by atoms with van der Waals surface area (Å²) >= 11 is 8.47. The molecule has 0 fully saturated rings. The SMILES string of the molecule is CCc1nc(Br)cc(Sc2ccc(Br)cc2)n1. The van der Waals surface area contributed by atoms with Gasteiger partial charge in [-0.05, 0) is 40.2 Å². The van der Waals surface area contributed by atoms with Crippen molar-refractivity contribution in [2.24, 2.45) is 0 Å². The number of hydrogen-bond acceptors (Lipinski definition) is 3. The van der Waals surface area contributed by atoms with Gasteiger partial charge in [0.15, 0.2) is 0 Å². The fraction of sp³-hybridized carbons (Fsp3) is 0.167. The van der Waals surface area contributed by atoms with E-state index in [0.29, 0.717) is 0 Å². The Labute approximate surface area is 122 Å². The lowest BCUT2D eigenvalue weighted by Crippen LogP contribution is -1.94. The third-order valence-electron chi connectivity index (χ3n) is 2.07. The number of nitrogens with zero attached hydrogens (tertiary/aromatic N) is 2. The van der Waals surface area contributed by atoms with E-state index < -0.39 is 0 Å². The van der Waals surface area contributed by atoms with Crippen LogP contribution in [0.25, 0.3) is 0 Å². The summed E-state index contributed by atoms with van der Waals surface area (Å²) in [6.45, 7) is 2.05. The Bertz CT molecular complexity index is 514. The van der Waals surface area contributed by atoms with Gasteiger partial charge in [0.05, 0.1) is 0 Å². The van der Waals surface area contributed by atoms with Crippen molar-refractivity contribution < 1.29 is 0 Å². The van der Waals surface area contributed by atoms with Crippen LogP contribution in [0.5, 0.6) is 0 Å². The van der Waals surface area contributed by atoms with Crippen LogP contribution in [0.1, 0.15) is 12.7 Å². The van der Waals surface area contributed by atoms with Crippen LogP contribution in [0.15, 0.2) is 49.3 Å². The van der Waals surface area contributed by atoms with Crippen molar-refractivity contribution in [3.05, 3.63) is 45.2 Å². The largest absolute Gasteiger partial charge is 0.226 e. The van der Waals surface area contributed by atoms with Gasteiger partial charge in [0, 0.05) is 21.9 Å². The number of hydrogen-bond donors (Lipinski definition) is 0. The molecule has 88 valence electrons. The summed E-state index contributed by atoms with van der Waals surface area (Å²) in [5.74, 6) is 0.860. The van der Waals surface area contributed by atoms with E-state index in [4.69, 9.17) is 0 Å². The van der Waals surface area contributed by atoms with Gasteiger partial charge < -0.3 is 0 Å². The summed E-state index contributed by atoms with van der Waals surface area (Å²) in [4.78, 5) is 9.94. The fourth-order valence-corrected chi connectivity index (χ4v) is 2.95. The van der Waals surface area contributed by atoms with Crippen LogP contribution < -0.4 is 0 Å². The second-order valence-corrected chi connectivity index (χ2v) is 6.18. The minimum atomic E-state index is 0.837. The molecule has 0 amide bonds. The molecule has 2 aromatic rings. The molecule has 17 heavy (non-hydrogen) atoms. The molecular formula is C12H10Br2N2S. The topological polar surface area (TPSA) is 25.8 Å². The van der Waals surface area contributed by atoms with Crippen molar-refractivity contribution in [3.8, 4) is 0 Å². The van der Waals surface area contributed by atoms with Crippen molar-refractivity contribution in [2.45, 2.75) is 23.3 Å². The lowest BCUT2D eigenvalue weighted by molar-refractivity contribution is 0.877. The summed E-state index contributed by atoms with van der Waals surface area (Å²) in [5.41, 5.74) is 0. The van der Waals surface area contributed by atoms with E-state index in [9.17, 15) is 0 Å². The van der Waals surface area contributed by atoms with Crippen LogP contribution in [0, 0.1) is 0 Å². The number of rotatable bonds is 3. The highest BCUT2D eigenvalue weighted by Crippen LogP contribution is 2.28. The second-order valence-electron chi connectivity index (χ2n) is 3.35. The highest BCUT2D eigenvalue weighted by Gasteiger charge is 2.03. The highest BCUT2D eigenvalue weighted by atomic mass is 79.9. The van der Waals surface area contributed by atoms with Gasteiger partial charge in [-0.25, -0.2) is 9.97 Å². The van der Waals surface area contributed by atoms with Crippen molar-refractivity contribution >= 4 is 43.6 Å². The quantitative estimate of drug-likeness (QED) is 0.728. The molecule has 1 aromatic heterocycles. The van der Waals surface area contributed by atoms with Crippen LogP contribution in [0.3, 0.4) is 0 Å². The molecule has 2 rings (SSSR count). The Morgan fingerprint density at radius 1 is 1.12 bits per heavy atom. The van der Waals surface area contributed by atoms with Crippen molar-refractivity contribution in [1.29, 1.82) is 0 Å². The number of halogens is 2. The van der Waals surface area contributed by atoms with Gasteiger partial charge in [0.25, 0.3) is 0 Å². The molecule has 0 spiro atoms. The molecule has 1 heterocycles. The van der Waals surface area contributed by atoms with Crippen LogP contribution in [-0.4, -0.2) is 9.97 Å². The number of benzene rings is 1. The van der Waals surface area contributed by atoms with E-state index in [1.54, 1.807) is 11.8 Å². The predicted molar refractivity (Wildman–Crippen MR) is 77.4 cm³/mol. The Morgan fingerprint density at radius 3 is 2.47 bits per heavy atom. The van der Waals surface area contributed by atoms with Gasteiger partial charge in [-0.1, -0.05) is 34.6 Å². The first-order valence-corrected chi connectivity index (χ1v) is 7.54.